The Morgan fingerprint density at radius 3 is 2.80 bits per heavy atom. The lowest BCUT2D eigenvalue weighted by molar-refractivity contribution is 0.205. The van der Waals surface area contributed by atoms with Crippen LogP contribution in [0.1, 0.15) is 25.1 Å². The summed E-state index contributed by atoms with van der Waals surface area (Å²) in [4.78, 5) is 14.7. The maximum atomic E-state index is 12.8. The van der Waals surface area contributed by atoms with Gasteiger partial charge in [-0.05, 0) is 38.4 Å². The van der Waals surface area contributed by atoms with E-state index in [4.69, 9.17) is 0 Å². The van der Waals surface area contributed by atoms with Gasteiger partial charge in [0.05, 0.1) is 5.52 Å². The largest absolute Gasteiger partial charge is 0.328 e. The van der Waals surface area contributed by atoms with Gasteiger partial charge in [-0.25, -0.2) is 4.79 Å². The molecule has 0 spiro atoms. The Hall–Kier alpha value is -1.81. The number of hydrogen-bond donors (Lipinski definition) is 1. The van der Waals surface area contributed by atoms with Gasteiger partial charge >= 0.3 is 6.03 Å². The molecule has 1 aromatic carbocycles. The summed E-state index contributed by atoms with van der Waals surface area (Å²) in [6.45, 7) is 7.29. The molecule has 2 aromatic rings. The second-order valence-electron chi connectivity index (χ2n) is 5.16. The standard InChI is InChI=1S/C16H21N3O/c1-3-18(4-2)16(20)19-14-8-6-5-7-12(14)13-9-10-17-11-15(13)19/h5-8,17H,3-4,9-11H2,1-2H3. The van der Waals surface area contributed by atoms with Gasteiger partial charge in [-0.1, -0.05) is 18.2 Å². The lowest BCUT2D eigenvalue weighted by Crippen LogP contribution is -2.36. The van der Waals surface area contributed by atoms with Gasteiger partial charge < -0.3 is 10.2 Å². The molecule has 0 unspecified atom stereocenters. The Labute approximate surface area is 119 Å². The Balaban J connectivity index is 2.21. The van der Waals surface area contributed by atoms with Crippen molar-refractivity contribution in [1.29, 1.82) is 0 Å². The summed E-state index contributed by atoms with van der Waals surface area (Å²) in [7, 11) is 0. The van der Waals surface area contributed by atoms with E-state index in [1.807, 2.05) is 29.4 Å². The molecular weight excluding hydrogens is 250 g/mol. The quantitative estimate of drug-likeness (QED) is 0.911. The van der Waals surface area contributed by atoms with E-state index in [1.165, 1.54) is 10.9 Å². The molecule has 0 radical (unpaired) electrons. The van der Waals surface area contributed by atoms with Gasteiger partial charge in [-0.3, -0.25) is 4.57 Å². The number of nitrogens with one attached hydrogen (secondary N) is 1. The number of benzene rings is 1. The number of rotatable bonds is 2. The molecule has 0 fully saturated rings. The Morgan fingerprint density at radius 2 is 2.05 bits per heavy atom. The average Bonchev–Trinajstić information content (AvgIpc) is 2.83. The molecule has 1 N–H and O–H groups in total. The van der Waals surface area contributed by atoms with Gasteiger partial charge in [0.1, 0.15) is 0 Å². The maximum absolute atomic E-state index is 12.8. The molecular formula is C16H21N3O. The van der Waals surface area contributed by atoms with E-state index in [0.717, 1.165) is 43.8 Å². The summed E-state index contributed by atoms with van der Waals surface area (Å²) in [5.74, 6) is 0. The van der Waals surface area contributed by atoms with Gasteiger partial charge in [0.15, 0.2) is 0 Å². The van der Waals surface area contributed by atoms with Crippen molar-refractivity contribution in [2.24, 2.45) is 0 Å². The van der Waals surface area contributed by atoms with Crippen LogP contribution < -0.4 is 5.32 Å². The van der Waals surface area contributed by atoms with Crippen molar-refractivity contribution >= 4 is 16.9 Å². The van der Waals surface area contributed by atoms with Crippen LogP contribution >= 0.6 is 0 Å². The topological polar surface area (TPSA) is 37.3 Å². The number of carbonyl (C=O) groups excluding carboxylic acids is 1. The van der Waals surface area contributed by atoms with Crippen LogP contribution in [-0.2, 0) is 13.0 Å². The molecule has 106 valence electrons. The van der Waals surface area contributed by atoms with Crippen LogP contribution in [0.3, 0.4) is 0 Å². The van der Waals surface area contributed by atoms with E-state index in [0.29, 0.717) is 0 Å². The summed E-state index contributed by atoms with van der Waals surface area (Å²) in [6.07, 6.45) is 0.994. The van der Waals surface area contributed by atoms with Crippen molar-refractivity contribution in [2.75, 3.05) is 19.6 Å². The number of nitrogens with zero attached hydrogens (tertiary/aromatic N) is 2. The van der Waals surface area contributed by atoms with Crippen molar-refractivity contribution in [3.63, 3.8) is 0 Å². The molecule has 3 rings (SSSR count). The summed E-state index contributed by atoms with van der Waals surface area (Å²) in [5.41, 5.74) is 3.51. The fraction of sp³-hybridized carbons (Fsp3) is 0.438. The average molecular weight is 271 g/mol. The van der Waals surface area contributed by atoms with Crippen LogP contribution in [0.5, 0.6) is 0 Å². The highest BCUT2D eigenvalue weighted by atomic mass is 16.2. The van der Waals surface area contributed by atoms with Crippen LogP contribution in [0.15, 0.2) is 24.3 Å². The highest BCUT2D eigenvalue weighted by Crippen LogP contribution is 2.28. The molecule has 4 nitrogen and oxygen atoms in total. The fourth-order valence-corrected chi connectivity index (χ4v) is 3.10. The predicted molar refractivity (Wildman–Crippen MR) is 81.1 cm³/mol. The third-order valence-electron chi connectivity index (χ3n) is 4.16. The van der Waals surface area contributed by atoms with Crippen molar-refractivity contribution in [1.82, 2.24) is 14.8 Å². The lowest BCUT2D eigenvalue weighted by Gasteiger charge is -2.22. The van der Waals surface area contributed by atoms with Gasteiger partial charge in [0.2, 0.25) is 0 Å². The minimum Gasteiger partial charge on any atom is -0.325 e. The SMILES string of the molecule is CCN(CC)C(=O)n1c2c(c3ccccc31)CCNC2. The van der Waals surface area contributed by atoms with E-state index < -0.39 is 0 Å². The third kappa shape index (κ3) is 1.91. The van der Waals surface area contributed by atoms with Crippen molar-refractivity contribution < 1.29 is 4.79 Å². The van der Waals surface area contributed by atoms with Gasteiger partial charge in [0.25, 0.3) is 0 Å². The molecule has 0 bridgehead atoms. The van der Waals surface area contributed by atoms with E-state index in [9.17, 15) is 4.79 Å². The Bertz CT molecular complexity index is 640. The first-order chi connectivity index (χ1) is 9.77. The van der Waals surface area contributed by atoms with Gasteiger partial charge in [-0.15, -0.1) is 0 Å². The third-order valence-corrected chi connectivity index (χ3v) is 4.16. The molecule has 2 heterocycles. The van der Waals surface area contributed by atoms with E-state index in [-0.39, 0.29) is 6.03 Å². The first kappa shape index (κ1) is 13.2. The van der Waals surface area contributed by atoms with Gasteiger partial charge in [-0.2, -0.15) is 0 Å². The number of carbonyl (C=O) groups is 1. The van der Waals surface area contributed by atoms with E-state index in [1.54, 1.807) is 0 Å². The zero-order valence-electron chi connectivity index (χ0n) is 12.1. The number of hydrogen-bond acceptors (Lipinski definition) is 2. The van der Waals surface area contributed by atoms with Crippen molar-refractivity contribution in [3.05, 3.63) is 35.5 Å². The Kier molecular flexibility index (Phi) is 3.49. The molecule has 1 aromatic heterocycles. The molecule has 20 heavy (non-hydrogen) atoms. The molecule has 4 heteroatoms. The molecule has 0 aliphatic carbocycles. The number of fused-ring (bicyclic) bond motifs is 3. The monoisotopic (exact) mass is 271 g/mol. The molecule has 1 amide bonds. The number of para-hydroxylation sites is 1. The van der Waals surface area contributed by atoms with E-state index in [2.05, 4.69) is 23.5 Å². The number of aromatic nitrogens is 1. The molecule has 1 aliphatic rings. The number of amides is 1. The Morgan fingerprint density at radius 1 is 1.30 bits per heavy atom. The second-order valence-corrected chi connectivity index (χ2v) is 5.16. The molecule has 1 aliphatic heterocycles. The summed E-state index contributed by atoms with van der Waals surface area (Å²) < 4.78 is 1.91. The first-order valence-electron chi connectivity index (χ1n) is 7.39. The summed E-state index contributed by atoms with van der Waals surface area (Å²) in [6, 6.07) is 8.33. The van der Waals surface area contributed by atoms with Crippen molar-refractivity contribution in [3.8, 4) is 0 Å². The van der Waals surface area contributed by atoms with Crippen LogP contribution in [0, 0.1) is 0 Å². The summed E-state index contributed by atoms with van der Waals surface area (Å²) >= 11 is 0. The first-order valence-corrected chi connectivity index (χ1v) is 7.39. The minimum absolute atomic E-state index is 0.0937. The fourth-order valence-electron chi connectivity index (χ4n) is 3.10. The highest BCUT2D eigenvalue weighted by Gasteiger charge is 2.24. The van der Waals surface area contributed by atoms with Crippen LogP contribution in [-0.4, -0.2) is 35.1 Å². The van der Waals surface area contributed by atoms with Crippen molar-refractivity contribution in [2.45, 2.75) is 26.8 Å². The smallest absolute Gasteiger partial charge is 0.325 e. The minimum atomic E-state index is 0.0937. The molecule has 0 saturated heterocycles. The normalized spacial score (nSPS) is 14.3. The zero-order valence-corrected chi connectivity index (χ0v) is 12.1. The molecule has 0 atom stereocenters. The highest BCUT2D eigenvalue weighted by molar-refractivity contribution is 5.95. The second kappa shape index (κ2) is 5.29. The summed E-state index contributed by atoms with van der Waals surface area (Å²) in [5, 5.41) is 4.61. The predicted octanol–water partition coefficient (Wildman–Crippen LogP) is 2.60. The zero-order chi connectivity index (χ0) is 14.1. The molecule has 0 saturated carbocycles. The van der Waals surface area contributed by atoms with E-state index >= 15 is 0 Å². The van der Waals surface area contributed by atoms with Crippen LogP contribution in [0.4, 0.5) is 4.79 Å². The lowest BCUT2D eigenvalue weighted by atomic mass is 10.1. The maximum Gasteiger partial charge on any atom is 0.328 e. The van der Waals surface area contributed by atoms with Crippen LogP contribution in [0.25, 0.3) is 10.9 Å². The van der Waals surface area contributed by atoms with Gasteiger partial charge in [0, 0.05) is 30.7 Å². The van der Waals surface area contributed by atoms with Crippen LogP contribution in [0.2, 0.25) is 0 Å².